The van der Waals surface area contributed by atoms with Gasteiger partial charge in [-0.15, -0.1) is 0 Å². The number of likely N-dealkylation sites (tertiary alicyclic amines) is 1. The van der Waals surface area contributed by atoms with E-state index < -0.39 is 0 Å². The van der Waals surface area contributed by atoms with E-state index >= 15 is 0 Å². The van der Waals surface area contributed by atoms with Gasteiger partial charge in [-0.25, -0.2) is 0 Å². The molecule has 6 nitrogen and oxygen atoms in total. The molecule has 160 valence electrons. The Morgan fingerprint density at radius 1 is 1.14 bits per heavy atom. The third kappa shape index (κ3) is 5.56. The molecule has 0 bridgehead atoms. The van der Waals surface area contributed by atoms with Crippen LogP contribution in [0.2, 0.25) is 0 Å². The number of nitrogens with zero attached hydrogens (tertiary/aromatic N) is 3. The molecule has 3 rings (SSSR count). The van der Waals surface area contributed by atoms with Crippen molar-refractivity contribution in [2.45, 2.75) is 70.4 Å². The van der Waals surface area contributed by atoms with Crippen LogP contribution in [-0.2, 0) is 4.79 Å². The van der Waals surface area contributed by atoms with Crippen molar-refractivity contribution in [2.24, 2.45) is 4.99 Å². The number of nitrogens with one attached hydrogen (secondary N) is 2. The second-order valence-electron chi connectivity index (χ2n) is 8.40. The van der Waals surface area contributed by atoms with Crippen LogP contribution in [0.4, 0.5) is 0 Å². The molecule has 1 aliphatic carbocycles. The molecule has 3 aliphatic rings. The molecule has 1 saturated carbocycles. The summed E-state index contributed by atoms with van der Waals surface area (Å²) >= 11 is 2.09. The smallest absolute Gasteiger partial charge is 0.222 e. The fourth-order valence-corrected chi connectivity index (χ4v) is 5.79. The normalized spacial score (nSPS) is 26.3. The predicted molar refractivity (Wildman–Crippen MR) is 119 cm³/mol. The molecule has 0 aromatic rings. The van der Waals surface area contributed by atoms with Crippen molar-refractivity contribution in [2.75, 3.05) is 50.8 Å². The van der Waals surface area contributed by atoms with Gasteiger partial charge in [-0.2, -0.15) is 11.8 Å². The molecule has 2 N–H and O–H groups in total. The first-order valence-corrected chi connectivity index (χ1v) is 12.5. The quantitative estimate of drug-likeness (QED) is 0.521. The summed E-state index contributed by atoms with van der Waals surface area (Å²) in [6.45, 7) is 9.89. The maximum Gasteiger partial charge on any atom is 0.222 e. The van der Waals surface area contributed by atoms with Crippen molar-refractivity contribution in [3.63, 3.8) is 0 Å². The zero-order valence-electron chi connectivity index (χ0n) is 17.8. The van der Waals surface area contributed by atoms with Crippen molar-refractivity contribution < 1.29 is 4.79 Å². The Bertz CT molecular complexity index is 529. The van der Waals surface area contributed by atoms with Gasteiger partial charge >= 0.3 is 0 Å². The molecule has 1 atom stereocenters. The first kappa shape index (κ1) is 21.8. The highest BCUT2D eigenvalue weighted by Gasteiger charge is 2.38. The molecule has 2 saturated heterocycles. The fraction of sp³-hybridized carbons (Fsp3) is 0.905. The number of hydrogen-bond acceptors (Lipinski definition) is 4. The molecule has 0 aromatic carbocycles. The van der Waals surface area contributed by atoms with E-state index in [-0.39, 0.29) is 11.4 Å². The standard InChI is InChI=1S/C21H39N5OS/c1-3-19(27)25-11-8-18(16-25)24-20(22-4-2)23-17-21(9-6-5-7-10-21)26-12-14-28-15-13-26/h18H,3-17H2,1-2H3,(H2,22,23,24). The van der Waals surface area contributed by atoms with Crippen LogP contribution >= 0.6 is 11.8 Å². The Morgan fingerprint density at radius 3 is 2.57 bits per heavy atom. The summed E-state index contributed by atoms with van der Waals surface area (Å²) in [7, 11) is 0. The highest BCUT2D eigenvalue weighted by atomic mass is 32.2. The van der Waals surface area contributed by atoms with Crippen LogP contribution in [0.15, 0.2) is 4.99 Å². The van der Waals surface area contributed by atoms with Gasteiger partial charge in [-0.3, -0.25) is 14.7 Å². The van der Waals surface area contributed by atoms with E-state index in [0.717, 1.165) is 38.6 Å². The lowest BCUT2D eigenvalue weighted by atomic mass is 9.80. The highest BCUT2D eigenvalue weighted by molar-refractivity contribution is 7.99. The Balaban J connectivity index is 1.63. The van der Waals surface area contributed by atoms with E-state index in [1.165, 1.54) is 56.7 Å². The average molecular weight is 410 g/mol. The summed E-state index contributed by atoms with van der Waals surface area (Å²) in [5.74, 6) is 3.70. The minimum Gasteiger partial charge on any atom is -0.357 e. The van der Waals surface area contributed by atoms with Crippen molar-refractivity contribution in [3.05, 3.63) is 0 Å². The van der Waals surface area contributed by atoms with E-state index in [4.69, 9.17) is 4.99 Å². The monoisotopic (exact) mass is 409 g/mol. The van der Waals surface area contributed by atoms with Crippen LogP contribution in [0.3, 0.4) is 0 Å². The van der Waals surface area contributed by atoms with Crippen molar-refractivity contribution in [1.29, 1.82) is 0 Å². The average Bonchev–Trinajstić information content (AvgIpc) is 3.21. The lowest BCUT2D eigenvalue weighted by Gasteiger charge is -2.47. The second-order valence-corrected chi connectivity index (χ2v) is 9.63. The first-order valence-electron chi connectivity index (χ1n) is 11.3. The molecule has 28 heavy (non-hydrogen) atoms. The van der Waals surface area contributed by atoms with E-state index in [2.05, 4.69) is 34.2 Å². The van der Waals surface area contributed by atoms with Gasteiger partial charge in [0.05, 0.1) is 6.54 Å². The number of rotatable bonds is 6. The Kier molecular flexibility index (Phi) is 8.33. The van der Waals surface area contributed by atoms with E-state index in [9.17, 15) is 4.79 Å². The zero-order chi connectivity index (χ0) is 19.8. The number of carbonyl (C=O) groups excluding carboxylic acids is 1. The lowest BCUT2D eigenvalue weighted by molar-refractivity contribution is -0.129. The van der Waals surface area contributed by atoms with E-state index in [1.54, 1.807) is 0 Å². The van der Waals surface area contributed by atoms with Crippen LogP contribution in [0, 0.1) is 0 Å². The van der Waals surface area contributed by atoms with Crippen molar-refractivity contribution in [3.8, 4) is 0 Å². The summed E-state index contributed by atoms with van der Waals surface area (Å²) < 4.78 is 0. The maximum atomic E-state index is 12.0. The molecule has 7 heteroatoms. The van der Waals surface area contributed by atoms with Gasteiger partial charge in [0.1, 0.15) is 0 Å². The van der Waals surface area contributed by atoms with Gasteiger partial charge in [-0.1, -0.05) is 26.2 Å². The predicted octanol–water partition coefficient (Wildman–Crippen LogP) is 2.30. The third-order valence-electron chi connectivity index (χ3n) is 6.53. The molecule has 2 aliphatic heterocycles. The minimum absolute atomic E-state index is 0.251. The summed E-state index contributed by atoms with van der Waals surface area (Å²) in [5, 5.41) is 7.05. The van der Waals surface area contributed by atoms with Crippen LogP contribution < -0.4 is 10.6 Å². The lowest BCUT2D eigenvalue weighted by Crippen LogP contribution is -2.56. The SMILES string of the molecule is CCNC(=NCC1(N2CCSCC2)CCCCC1)NC1CCN(C(=O)CC)C1. The topological polar surface area (TPSA) is 60.0 Å². The second kappa shape index (κ2) is 10.7. The summed E-state index contributed by atoms with van der Waals surface area (Å²) in [6.07, 6.45) is 8.20. The number of hydrogen-bond donors (Lipinski definition) is 2. The molecule has 0 spiro atoms. The van der Waals surface area contributed by atoms with Gasteiger partial charge in [0.2, 0.25) is 5.91 Å². The molecule has 3 fully saturated rings. The van der Waals surface area contributed by atoms with Crippen LogP contribution in [0.25, 0.3) is 0 Å². The number of guanidine groups is 1. The molecule has 0 aromatic heterocycles. The van der Waals surface area contributed by atoms with Crippen LogP contribution in [-0.4, -0.2) is 84.0 Å². The number of amides is 1. The first-order chi connectivity index (χ1) is 13.7. The Hall–Kier alpha value is -0.950. The molecular formula is C21H39N5OS. The number of aliphatic imine (C=N–C) groups is 1. The largest absolute Gasteiger partial charge is 0.357 e. The minimum atomic E-state index is 0.251. The van der Waals surface area contributed by atoms with Crippen molar-refractivity contribution in [1.82, 2.24) is 20.4 Å². The summed E-state index contributed by atoms with van der Waals surface area (Å²) in [6, 6.07) is 0.307. The van der Waals surface area contributed by atoms with Crippen LogP contribution in [0.5, 0.6) is 0 Å². The zero-order valence-corrected chi connectivity index (χ0v) is 18.7. The number of carbonyl (C=O) groups is 1. The summed E-state index contributed by atoms with van der Waals surface area (Å²) in [5.41, 5.74) is 0.251. The maximum absolute atomic E-state index is 12.0. The van der Waals surface area contributed by atoms with Gasteiger partial charge in [-0.05, 0) is 26.2 Å². The van der Waals surface area contributed by atoms with E-state index in [1.807, 2.05) is 11.8 Å². The molecule has 0 radical (unpaired) electrons. The Morgan fingerprint density at radius 2 is 1.89 bits per heavy atom. The van der Waals surface area contributed by atoms with Crippen LogP contribution in [0.1, 0.15) is 58.8 Å². The highest BCUT2D eigenvalue weighted by Crippen LogP contribution is 2.35. The number of thioether (sulfide) groups is 1. The van der Waals surface area contributed by atoms with Crippen molar-refractivity contribution >= 4 is 23.6 Å². The van der Waals surface area contributed by atoms with Gasteiger partial charge in [0.25, 0.3) is 0 Å². The summed E-state index contributed by atoms with van der Waals surface area (Å²) in [4.78, 5) is 21.8. The van der Waals surface area contributed by atoms with Gasteiger partial charge in [0, 0.05) is 62.2 Å². The fourth-order valence-electron chi connectivity index (χ4n) is 4.89. The Labute approximate surface area is 175 Å². The molecule has 1 amide bonds. The van der Waals surface area contributed by atoms with Gasteiger partial charge < -0.3 is 15.5 Å². The van der Waals surface area contributed by atoms with E-state index in [0.29, 0.717) is 12.5 Å². The van der Waals surface area contributed by atoms with Gasteiger partial charge in [0.15, 0.2) is 5.96 Å². The molecule has 1 unspecified atom stereocenters. The third-order valence-corrected chi connectivity index (χ3v) is 7.47. The molecular weight excluding hydrogens is 370 g/mol. The molecule has 2 heterocycles.